The lowest BCUT2D eigenvalue weighted by Crippen LogP contribution is -2.10. The minimum absolute atomic E-state index is 0.197. The molecular formula is C13H21IN2O3. The molecule has 0 aliphatic carbocycles. The number of aromatic nitrogens is 2. The van der Waals surface area contributed by atoms with Gasteiger partial charge in [0.05, 0.1) is 31.9 Å². The number of rotatable bonds is 7. The predicted octanol–water partition coefficient (Wildman–Crippen LogP) is 2.79. The summed E-state index contributed by atoms with van der Waals surface area (Å²) < 4.78 is 12.0. The van der Waals surface area contributed by atoms with Gasteiger partial charge in [-0.05, 0) is 19.8 Å². The Bertz CT molecular complexity index is 430. The number of ether oxygens (including phenoxy) is 1. The standard InChI is InChI=1S/C13H21IN2O3/c1-5-18-12(17)8-11-10(4)16(6-7-19-14)15-13(11)9(2)3/h9H,5-8H2,1-4H3. The van der Waals surface area contributed by atoms with Crippen LogP contribution in [-0.2, 0) is 25.6 Å². The van der Waals surface area contributed by atoms with Gasteiger partial charge in [0.15, 0.2) is 0 Å². The van der Waals surface area contributed by atoms with Crippen molar-refractivity contribution < 1.29 is 12.6 Å². The molecule has 0 unspecified atom stereocenters. The minimum Gasteiger partial charge on any atom is -0.466 e. The molecule has 0 fully saturated rings. The van der Waals surface area contributed by atoms with Gasteiger partial charge in [-0.3, -0.25) is 9.48 Å². The van der Waals surface area contributed by atoms with Gasteiger partial charge in [0.25, 0.3) is 0 Å². The number of carbonyl (C=O) groups is 1. The van der Waals surface area contributed by atoms with Crippen LogP contribution in [0.2, 0.25) is 0 Å². The van der Waals surface area contributed by atoms with E-state index in [9.17, 15) is 4.79 Å². The number of carbonyl (C=O) groups excluding carboxylic acids is 1. The Morgan fingerprint density at radius 1 is 1.47 bits per heavy atom. The summed E-state index contributed by atoms with van der Waals surface area (Å²) in [6.45, 7) is 9.66. The van der Waals surface area contributed by atoms with Crippen molar-refractivity contribution in [3.63, 3.8) is 0 Å². The van der Waals surface area contributed by atoms with E-state index in [4.69, 9.17) is 7.80 Å². The Kier molecular flexibility index (Phi) is 6.78. The highest BCUT2D eigenvalue weighted by Crippen LogP contribution is 2.22. The van der Waals surface area contributed by atoms with Gasteiger partial charge in [-0.25, -0.2) is 0 Å². The monoisotopic (exact) mass is 380 g/mol. The van der Waals surface area contributed by atoms with E-state index in [1.54, 1.807) is 0 Å². The molecule has 5 nitrogen and oxygen atoms in total. The van der Waals surface area contributed by atoms with Crippen LogP contribution in [0, 0.1) is 6.92 Å². The fraction of sp³-hybridized carbons (Fsp3) is 0.692. The summed E-state index contributed by atoms with van der Waals surface area (Å²) in [6, 6.07) is 0. The molecule has 0 aliphatic rings. The Balaban J connectivity index is 2.98. The van der Waals surface area contributed by atoms with Crippen molar-refractivity contribution in [3.8, 4) is 0 Å². The third-order valence-electron chi connectivity index (χ3n) is 2.92. The van der Waals surface area contributed by atoms with Crippen molar-refractivity contribution in [3.05, 3.63) is 17.0 Å². The first-order valence-electron chi connectivity index (χ1n) is 6.46. The molecule has 0 bridgehead atoms. The van der Waals surface area contributed by atoms with Crippen LogP contribution in [0.15, 0.2) is 0 Å². The summed E-state index contributed by atoms with van der Waals surface area (Å²) in [4.78, 5) is 11.7. The van der Waals surface area contributed by atoms with Crippen molar-refractivity contribution >= 4 is 29.0 Å². The van der Waals surface area contributed by atoms with Crippen molar-refractivity contribution in [1.29, 1.82) is 0 Å². The van der Waals surface area contributed by atoms with E-state index in [0.29, 0.717) is 19.8 Å². The molecule has 0 amide bonds. The van der Waals surface area contributed by atoms with Gasteiger partial charge in [0.2, 0.25) is 0 Å². The van der Waals surface area contributed by atoms with Gasteiger partial charge in [-0.2, -0.15) is 5.10 Å². The predicted molar refractivity (Wildman–Crippen MR) is 81.4 cm³/mol. The van der Waals surface area contributed by atoms with Crippen LogP contribution in [0.25, 0.3) is 0 Å². The zero-order valence-electron chi connectivity index (χ0n) is 11.9. The van der Waals surface area contributed by atoms with E-state index in [1.807, 2.05) is 41.5 Å². The minimum atomic E-state index is -0.197. The largest absolute Gasteiger partial charge is 0.466 e. The first-order chi connectivity index (χ1) is 9.01. The SMILES string of the molecule is CCOC(=O)Cc1c(C(C)C)nn(CCOI)c1C. The summed E-state index contributed by atoms with van der Waals surface area (Å²) in [5, 5.41) is 4.59. The topological polar surface area (TPSA) is 53.3 Å². The van der Waals surface area contributed by atoms with Gasteiger partial charge in [-0.15, -0.1) is 0 Å². The normalized spacial score (nSPS) is 11.1. The maximum Gasteiger partial charge on any atom is 0.310 e. The molecule has 0 N–H and O–H groups in total. The first-order valence-corrected chi connectivity index (χ1v) is 7.34. The lowest BCUT2D eigenvalue weighted by atomic mass is 10.0. The smallest absolute Gasteiger partial charge is 0.310 e. The molecule has 0 spiro atoms. The molecule has 0 saturated carbocycles. The Morgan fingerprint density at radius 3 is 2.68 bits per heavy atom. The van der Waals surface area contributed by atoms with E-state index in [0.717, 1.165) is 17.0 Å². The molecular weight excluding hydrogens is 359 g/mol. The molecule has 1 rings (SSSR count). The van der Waals surface area contributed by atoms with Gasteiger partial charge in [0, 0.05) is 11.3 Å². The van der Waals surface area contributed by atoms with Crippen LogP contribution in [0.1, 0.15) is 43.6 Å². The Hall–Kier alpha value is -0.630. The van der Waals surface area contributed by atoms with Gasteiger partial charge in [0.1, 0.15) is 23.0 Å². The molecule has 108 valence electrons. The Labute approximate surface area is 128 Å². The summed E-state index contributed by atoms with van der Waals surface area (Å²) >= 11 is 1.87. The third kappa shape index (κ3) is 4.45. The Morgan fingerprint density at radius 2 is 2.16 bits per heavy atom. The van der Waals surface area contributed by atoms with E-state index in [1.165, 1.54) is 0 Å². The second-order valence-electron chi connectivity index (χ2n) is 4.62. The number of nitrogens with zero attached hydrogens (tertiary/aromatic N) is 2. The maximum atomic E-state index is 11.7. The summed E-state index contributed by atoms with van der Waals surface area (Å²) in [7, 11) is 0. The summed E-state index contributed by atoms with van der Waals surface area (Å²) in [5.41, 5.74) is 2.98. The van der Waals surface area contributed by atoms with E-state index < -0.39 is 0 Å². The molecule has 1 aromatic rings. The summed E-state index contributed by atoms with van der Waals surface area (Å²) in [5.74, 6) is 0.0853. The van der Waals surface area contributed by atoms with Crippen molar-refractivity contribution in [2.45, 2.75) is 46.6 Å². The fourth-order valence-electron chi connectivity index (χ4n) is 1.98. The highest BCUT2D eigenvalue weighted by molar-refractivity contribution is 14.1. The summed E-state index contributed by atoms with van der Waals surface area (Å²) in [6.07, 6.45) is 0.290. The molecule has 19 heavy (non-hydrogen) atoms. The van der Waals surface area contributed by atoms with E-state index in [-0.39, 0.29) is 18.3 Å². The van der Waals surface area contributed by atoms with Gasteiger partial charge < -0.3 is 7.80 Å². The van der Waals surface area contributed by atoms with Crippen LogP contribution >= 0.6 is 23.0 Å². The quantitative estimate of drug-likeness (QED) is 0.539. The van der Waals surface area contributed by atoms with Crippen LogP contribution in [-0.4, -0.2) is 29.0 Å². The van der Waals surface area contributed by atoms with Crippen LogP contribution < -0.4 is 0 Å². The first kappa shape index (κ1) is 16.4. The van der Waals surface area contributed by atoms with E-state index in [2.05, 4.69) is 18.9 Å². The molecule has 0 atom stereocenters. The number of hydrogen-bond acceptors (Lipinski definition) is 4. The molecule has 1 heterocycles. The lowest BCUT2D eigenvalue weighted by Gasteiger charge is -2.06. The highest BCUT2D eigenvalue weighted by Gasteiger charge is 2.19. The molecule has 6 heteroatoms. The zero-order chi connectivity index (χ0) is 14.4. The highest BCUT2D eigenvalue weighted by atomic mass is 127. The second kappa shape index (κ2) is 7.84. The van der Waals surface area contributed by atoms with Crippen LogP contribution in [0.5, 0.6) is 0 Å². The molecule has 1 aromatic heterocycles. The average Bonchev–Trinajstić information content (AvgIpc) is 2.65. The van der Waals surface area contributed by atoms with Crippen LogP contribution in [0.4, 0.5) is 0 Å². The third-order valence-corrected chi connectivity index (χ3v) is 3.36. The number of esters is 1. The fourth-order valence-corrected chi connectivity index (χ4v) is 2.18. The molecule has 0 saturated heterocycles. The maximum absolute atomic E-state index is 11.7. The van der Waals surface area contributed by atoms with Crippen molar-refractivity contribution in [2.24, 2.45) is 0 Å². The molecule has 0 aromatic carbocycles. The van der Waals surface area contributed by atoms with Crippen LogP contribution in [0.3, 0.4) is 0 Å². The van der Waals surface area contributed by atoms with Crippen molar-refractivity contribution in [2.75, 3.05) is 13.2 Å². The molecule has 0 aliphatic heterocycles. The lowest BCUT2D eigenvalue weighted by molar-refractivity contribution is -0.142. The number of halogens is 1. The molecule has 0 radical (unpaired) electrons. The zero-order valence-corrected chi connectivity index (χ0v) is 14.1. The number of hydrogen-bond donors (Lipinski definition) is 0. The average molecular weight is 380 g/mol. The second-order valence-corrected chi connectivity index (χ2v) is 5.24. The van der Waals surface area contributed by atoms with Gasteiger partial charge >= 0.3 is 5.97 Å². The van der Waals surface area contributed by atoms with Crippen molar-refractivity contribution in [1.82, 2.24) is 9.78 Å². The van der Waals surface area contributed by atoms with Gasteiger partial charge in [-0.1, -0.05) is 13.8 Å². The van der Waals surface area contributed by atoms with E-state index >= 15 is 0 Å².